The van der Waals surface area contributed by atoms with Crippen LogP contribution in [0.1, 0.15) is 229 Å². The van der Waals surface area contributed by atoms with E-state index in [1.807, 2.05) is 0 Å². The van der Waals surface area contributed by atoms with Gasteiger partial charge in [-0.3, -0.25) is 97.5 Å². The van der Waals surface area contributed by atoms with E-state index in [2.05, 4.69) is 34.9 Å². The van der Waals surface area contributed by atoms with Gasteiger partial charge in [-0.05, 0) is 152 Å². The van der Waals surface area contributed by atoms with Crippen LogP contribution in [0.3, 0.4) is 0 Å². The number of nitrogens with zero attached hydrogens (tertiary/aromatic N) is 28. The molecule has 768 valence electrons. The zero-order valence-electron chi connectivity index (χ0n) is 107. The highest BCUT2D eigenvalue weighted by Crippen LogP contribution is 2.15. The van der Waals surface area contributed by atoms with E-state index in [-0.39, 0.29) is 164 Å². The van der Waals surface area contributed by atoms with Gasteiger partial charge in [0.2, 0.25) is 0 Å². The number of imidazole rings is 7. The van der Waals surface area contributed by atoms with Gasteiger partial charge in [0.1, 0.15) is 53.5 Å². The molecule has 0 saturated heterocycles. The maximum atomic E-state index is 12.8. The third kappa shape index (κ3) is 26.1. The van der Waals surface area contributed by atoms with Crippen molar-refractivity contribution < 1.29 is 67.8 Å². The van der Waals surface area contributed by atoms with E-state index in [1.165, 1.54) is 116 Å². The van der Waals surface area contributed by atoms with E-state index < -0.39 is 192 Å². The van der Waals surface area contributed by atoms with Crippen molar-refractivity contribution in [1.82, 2.24) is 131 Å². The minimum Gasteiger partial charge on any atom is -0.328 e. The molecule has 14 rings (SSSR count). The molecule has 142 heavy (non-hydrogen) atoms. The Morgan fingerprint density at radius 2 is 0.451 bits per heavy atom. The SMILES string of the molecule is CC(=O)CCCCn1c(=O)c2c(ncn2C)n(C)c1=O.[2H]C([2H])(CCCn1c(=O)c2c(nc(C)n2C([2H])([2H])[2H])n(C)c1=O)C(C)=O.[2H]C([2H])(CCCn1c(=O)c2c(nc(C)n2C)n(C)c1=O)C(C)=O.[2H]C([2H])(CCCn1c(=O)c2c(ncn2C)n(C([2H])([2H])[2H])c1=O)C(C)=O.[2H]C([2H])(CCCn1c(=O)c2c(ncn2C)n(C)c1=O)C(C)=O.[2H]C([2H])(CCCn1c(=O)c2c(ncn2C)n(C)c1=O)C(C)=O.[2H]c1nc2c(c(=O)n(CCCC([2H])([2H])C(C)=O)c(=O)n2C([2H])([2H])[2H])n1C([2H])([2H])[2H]. The molecule has 0 aliphatic rings. The van der Waals surface area contributed by atoms with Crippen molar-refractivity contribution in [1.29, 1.82) is 0 Å². The minimum atomic E-state index is -3.13. The summed E-state index contributed by atoms with van der Waals surface area (Å²) in [5.74, 6) is -2.89. The fourth-order valence-electron chi connectivity index (χ4n) is 14.5. The number of Topliss-reactive ketones (excluding diaryl/α,β-unsaturated/α-hetero) is 7. The zero-order chi connectivity index (χ0) is 127. The van der Waals surface area contributed by atoms with Crippen molar-refractivity contribution in [3.05, 3.63) is 189 Å². The Bertz CT molecular complexity index is 9160. The number of ketones is 7. The molecule has 0 unspecified atom stereocenters. The number of unbranched alkanes of at least 4 members (excludes halogenated alkanes) is 1. The van der Waals surface area contributed by atoms with Crippen molar-refractivity contribution in [3.8, 4) is 0 Å². The minimum absolute atomic E-state index is 0.0199. The Kier molecular flexibility index (Phi) is 27.7. The molecule has 0 atom stereocenters. The number of aromatic nitrogens is 28. The molecular weight excluding hydrogens is 1850 g/mol. The second-order valence-electron chi connectivity index (χ2n) is 32.7. The topological polar surface area (TPSA) is 552 Å². The number of hydrogen-bond donors (Lipinski definition) is 0. The van der Waals surface area contributed by atoms with E-state index in [0.717, 1.165) is 52.7 Å². The van der Waals surface area contributed by atoms with Gasteiger partial charge in [0.25, 0.3) is 38.9 Å². The van der Waals surface area contributed by atoms with Gasteiger partial charge < -0.3 is 65.5 Å². The highest BCUT2D eigenvalue weighted by Gasteiger charge is 2.24. The van der Waals surface area contributed by atoms with Crippen LogP contribution in [-0.4, -0.2) is 171 Å². The standard InChI is InChI=1S/2C14H20N4O3.5C13H18N4O3/c2*1-9(19)7-5-6-8-18-13(20)11-12(17(4)14(18)21)15-10(2)16(11)3;5*1-9(18)6-4-5-7-17-12(19)10-11(14-8-15(10)2)16(3)13(17)20/h2*5-8H2,1-4H3;5*8H,4-7H2,1-3H3/i3D3,7D2;7D2;2D3,3D3,6D2,8D;3D3,6D2;2*6D2;. The molecule has 0 aromatic carbocycles. The lowest BCUT2D eigenvalue weighted by atomic mass is 10.2. The largest absolute Gasteiger partial charge is 0.332 e. The van der Waals surface area contributed by atoms with Crippen LogP contribution in [0, 0.1) is 13.8 Å². The first-order chi connectivity index (χ1) is 76.5. The smallest absolute Gasteiger partial charge is 0.328 e. The lowest BCUT2D eigenvalue weighted by Gasteiger charge is -2.08. The van der Waals surface area contributed by atoms with Gasteiger partial charge in [-0.2, -0.15) is 0 Å². The second-order valence-corrected chi connectivity index (χ2v) is 32.7. The molecule has 0 aliphatic carbocycles. The number of carbonyl (C=O) groups excluding carboxylic acids is 7. The van der Waals surface area contributed by atoms with Crippen molar-refractivity contribution in [2.45, 2.75) is 243 Å². The van der Waals surface area contributed by atoms with Gasteiger partial charge in [-0.25, -0.2) is 68.4 Å². The maximum absolute atomic E-state index is 12.8. The molecule has 0 N–H and O–H groups in total. The first-order valence-corrected chi connectivity index (χ1v) is 44.1. The predicted molar refractivity (Wildman–Crippen MR) is 533 cm³/mol. The third-order valence-electron chi connectivity index (χ3n) is 22.0. The van der Waals surface area contributed by atoms with Gasteiger partial charge in [0, 0.05) is 222 Å². The van der Waals surface area contributed by atoms with Crippen LogP contribution in [0.5, 0.6) is 0 Å². The number of fused-ring (bicyclic) bond motifs is 7. The zero-order valence-corrected chi connectivity index (χ0v) is 82.0. The molecule has 14 aromatic rings. The van der Waals surface area contributed by atoms with E-state index in [9.17, 15) is 101 Å². The quantitative estimate of drug-likeness (QED) is 0.0512. The lowest BCUT2D eigenvalue weighted by Crippen LogP contribution is -2.39. The predicted octanol–water partition coefficient (Wildman–Crippen LogP) is 1.97. The lowest BCUT2D eigenvalue weighted by molar-refractivity contribution is -0.118. The molecule has 0 bridgehead atoms. The third-order valence-corrected chi connectivity index (χ3v) is 22.0. The van der Waals surface area contributed by atoms with Crippen molar-refractivity contribution in [2.75, 3.05) is 0 Å². The maximum Gasteiger partial charge on any atom is 0.332 e. The Labute approximate surface area is 845 Å². The van der Waals surface area contributed by atoms with Crippen LogP contribution in [0.4, 0.5) is 0 Å². The fraction of sp³-hybridized carbons (Fsp3) is 0.548. The first kappa shape index (κ1) is 79.5. The fourth-order valence-corrected chi connectivity index (χ4v) is 14.5. The summed E-state index contributed by atoms with van der Waals surface area (Å²) < 4.78 is 211. The van der Waals surface area contributed by atoms with Gasteiger partial charge in [-0.1, -0.05) is 0 Å². The van der Waals surface area contributed by atoms with Gasteiger partial charge in [-0.15, -0.1) is 0 Å². The molecule has 0 radical (unpaired) electrons. The van der Waals surface area contributed by atoms with Crippen LogP contribution >= 0.6 is 0 Å². The molecule has 0 fully saturated rings. The molecule has 0 spiro atoms. The Morgan fingerprint density at radius 1 is 0.246 bits per heavy atom. The summed E-state index contributed by atoms with van der Waals surface area (Å²) in [5.41, 5.74) is -8.54. The molecule has 14 heterocycles. The number of rotatable bonds is 35. The normalized spacial score (nSPS) is 14.7. The molecule has 49 heteroatoms. The summed E-state index contributed by atoms with van der Waals surface area (Å²) in [6.45, 7) is -0.374. The first-order valence-electron chi connectivity index (χ1n) is 56.6. The monoisotopic (exact) mass is 2000 g/mol. The highest BCUT2D eigenvalue weighted by atomic mass is 16.2. The number of hydrogen-bond acceptors (Lipinski definition) is 28. The summed E-state index contributed by atoms with van der Waals surface area (Å²) >= 11 is 0. The molecule has 49 nitrogen and oxygen atoms in total. The molecule has 0 aliphatic heterocycles. The van der Waals surface area contributed by atoms with E-state index in [0.29, 0.717) is 85.4 Å². The van der Waals surface area contributed by atoms with Crippen molar-refractivity contribution >= 4 is 119 Å². The second kappa shape index (κ2) is 49.5. The molecule has 0 saturated carbocycles. The van der Waals surface area contributed by atoms with E-state index in [1.54, 1.807) is 67.5 Å². The number of carbonyl (C=O) groups is 7. The molecular formula is C93H130N28O21. The van der Waals surface area contributed by atoms with Crippen LogP contribution < -0.4 is 78.7 Å². The summed E-state index contributed by atoms with van der Waals surface area (Å²) in [6, 6.07) is 0. The van der Waals surface area contributed by atoms with Gasteiger partial charge in [0.15, 0.2) is 78.1 Å². The average Bonchev–Trinajstić information content (AvgIpc) is 1.58. The van der Waals surface area contributed by atoms with Gasteiger partial charge >= 0.3 is 39.8 Å². The van der Waals surface area contributed by atoms with Crippen LogP contribution in [0.15, 0.2) is 98.7 Å². The van der Waals surface area contributed by atoms with Crippen molar-refractivity contribution in [3.63, 3.8) is 0 Å². The molecule has 0 amide bonds. The van der Waals surface area contributed by atoms with Crippen LogP contribution in [0.25, 0.3) is 78.1 Å². The Hall–Kier alpha value is -15.3. The van der Waals surface area contributed by atoms with Crippen molar-refractivity contribution in [2.24, 2.45) is 98.4 Å². The number of aryl methyl sites for hydroxylation is 16. The van der Waals surface area contributed by atoms with E-state index in [4.69, 9.17) is 34.3 Å². The summed E-state index contributed by atoms with van der Waals surface area (Å²) in [5, 5.41) is 0. The summed E-state index contributed by atoms with van der Waals surface area (Å²) in [6.07, 6.45) is -5.86. The van der Waals surface area contributed by atoms with Crippen LogP contribution in [0.2, 0.25) is 0 Å². The summed E-state index contributed by atoms with van der Waals surface area (Å²) in [4.78, 5) is 280. The van der Waals surface area contributed by atoms with Gasteiger partial charge in [0.05, 0.1) is 31.6 Å². The average molecular weight is 2000 g/mol. The Morgan fingerprint density at radius 3 is 0.690 bits per heavy atom. The van der Waals surface area contributed by atoms with E-state index >= 15 is 0 Å². The molecule has 14 aromatic heterocycles. The highest BCUT2D eigenvalue weighted by molar-refractivity contribution is 5.79. The summed E-state index contributed by atoms with van der Waals surface area (Å²) in [7, 11) is 15.8. The van der Waals surface area contributed by atoms with Crippen LogP contribution in [-0.2, 0) is 178 Å². The Balaban J connectivity index is 0.000000236.